The quantitative estimate of drug-likeness (QED) is 0.584. The first-order valence-corrected chi connectivity index (χ1v) is 9.96. The van der Waals surface area contributed by atoms with E-state index in [1.807, 2.05) is 12.1 Å². The van der Waals surface area contributed by atoms with E-state index in [9.17, 15) is 8.78 Å². The van der Waals surface area contributed by atoms with Crippen LogP contribution in [-0.4, -0.2) is 20.8 Å². The van der Waals surface area contributed by atoms with Crippen molar-refractivity contribution in [1.29, 1.82) is 0 Å². The van der Waals surface area contributed by atoms with Crippen LogP contribution in [0.15, 0.2) is 66.5 Å². The topological polar surface area (TPSA) is 56.5 Å². The van der Waals surface area contributed by atoms with Crippen molar-refractivity contribution < 1.29 is 18.3 Å². The van der Waals surface area contributed by atoms with Crippen LogP contribution >= 0.6 is 11.6 Å². The molecule has 4 nitrogen and oxygen atoms in total. The molecule has 0 amide bonds. The van der Waals surface area contributed by atoms with Crippen LogP contribution in [0.5, 0.6) is 11.5 Å². The molecule has 1 atom stereocenters. The maximum atomic E-state index is 14.8. The number of rotatable bonds is 5. The fraction of sp³-hybridized carbons (Fsp3) is 0.167. The van der Waals surface area contributed by atoms with Gasteiger partial charge in [-0.15, -0.1) is 0 Å². The third kappa shape index (κ3) is 3.68. The molecule has 0 saturated carbocycles. The summed E-state index contributed by atoms with van der Waals surface area (Å²) in [5.74, 6) is 0.386. The van der Waals surface area contributed by atoms with Crippen LogP contribution in [-0.2, 0) is 5.41 Å². The third-order valence-corrected chi connectivity index (χ3v) is 5.88. The molecule has 3 aromatic rings. The second-order valence-electron chi connectivity index (χ2n) is 7.31. The van der Waals surface area contributed by atoms with Crippen LogP contribution in [0, 0.1) is 11.6 Å². The predicted molar refractivity (Wildman–Crippen MR) is 117 cm³/mol. The standard InChI is InChI=1S/C24H21ClF2N2O2/c1-30-16-5-7-21(27)18(11-16)17-9-14(3-6-20(17)26)24(12-23(28)29-13-24)15-4-8-22(31-2)19(25)10-15/h3-12,29H,13,28H2,1-2H3. The predicted octanol–water partition coefficient (Wildman–Crippen LogP) is 4.99. The van der Waals surface area contributed by atoms with Crippen LogP contribution in [0.25, 0.3) is 11.1 Å². The lowest BCUT2D eigenvalue weighted by atomic mass is 9.74. The summed E-state index contributed by atoms with van der Waals surface area (Å²) in [7, 11) is 3.02. The van der Waals surface area contributed by atoms with Gasteiger partial charge in [0.25, 0.3) is 0 Å². The van der Waals surface area contributed by atoms with Gasteiger partial charge < -0.3 is 20.5 Å². The van der Waals surface area contributed by atoms with Gasteiger partial charge >= 0.3 is 0 Å². The van der Waals surface area contributed by atoms with Crippen molar-refractivity contribution in [1.82, 2.24) is 5.32 Å². The molecule has 0 radical (unpaired) electrons. The van der Waals surface area contributed by atoms with Gasteiger partial charge in [-0.25, -0.2) is 8.78 Å². The first-order chi connectivity index (χ1) is 14.9. The molecule has 3 aromatic carbocycles. The highest BCUT2D eigenvalue weighted by Crippen LogP contribution is 2.41. The van der Waals surface area contributed by atoms with Gasteiger partial charge in [-0.05, 0) is 59.7 Å². The van der Waals surface area contributed by atoms with Gasteiger partial charge in [-0.3, -0.25) is 0 Å². The SMILES string of the molecule is COc1ccc(F)c(-c2cc(C3(c4ccc(OC)c(Cl)c4)C=C(N)NC3)ccc2F)c1. The fourth-order valence-electron chi connectivity index (χ4n) is 3.94. The molecule has 3 N–H and O–H groups in total. The Hall–Kier alpha value is -3.25. The number of hydrogen-bond acceptors (Lipinski definition) is 4. The highest BCUT2D eigenvalue weighted by atomic mass is 35.5. The van der Waals surface area contributed by atoms with Crippen molar-refractivity contribution in [3.8, 4) is 22.6 Å². The van der Waals surface area contributed by atoms with Crippen molar-refractivity contribution in [2.24, 2.45) is 5.73 Å². The van der Waals surface area contributed by atoms with Crippen LogP contribution in [0.1, 0.15) is 11.1 Å². The van der Waals surface area contributed by atoms with Crippen molar-refractivity contribution in [2.75, 3.05) is 20.8 Å². The Bertz CT molecular complexity index is 1180. The zero-order valence-electron chi connectivity index (χ0n) is 17.0. The van der Waals surface area contributed by atoms with Crippen molar-refractivity contribution in [3.05, 3.63) is 94.3 Å². The Morgan fingerprint density at radius 2 is 1.55 bits per heavy atom. The summed E-state index contributed by atoms with van der Waals surface area (Å²) in [5, 5.41) is 3.58. The molecule has 1 aliphatic heterocycles. The van der Waals surface area contributed by atoms with Gasteiger partial charge in [-0.1, -0.05) is 23.7 Å². The molecule has 0 aliphatic carbocycles. The maximum absolute atomic E-state index is 14.8. The van der Waals surface area contributed by atoms with E-state index in [2.05, 4.69) is 5.32 Å². The summed E-state index contributed by atoms with van der Waals surface area (Å²) in [6.45, 7) is 0.438. The molecule has 7 heteroatoms. The van der Waals surface area contributed by atoms with E-state index < -0.39 is 17.0 Å². The van der Waals surface area contributed by atoms with Gasteiger partial charge in [0, 0.05) is 17.7 Å². The minimum Gasteiger partial charge on any atom is -0.497 e. The number of nitrogens with two attached hydrogens (primary N) is 1. The molecule has 1 aliphatic rings. The van der Waals surface area contributed by atoms with Gasteiger partial charge in [-0.2, -0.15) is 0 Å². The Balaban J connectivity index is 1.91. The molecule has 160 valence electrons. The molecule has 1 unspecified atom stereocenters. The second kappa shape index (κ2) is 8.12. The number of nitrogens with one attached hydrogen (secondary N) is 1. The summed E-state index contributed by atoms with van der Waals surface area (Å²) in [4.78, 5) is 0. The summed E-state index contributed by atoms with van der Waals surface area (Å²) in [6.07, 6.45) is 1.87. The number of ether oxygens (including phenoxy) is 2. The molecular weight excluding hydrogens is 422 g/mol. The number of halogens is 3. The van der Waals surface area contributed by atoms with E-state index in [1.165, 1.54) is 31.4 Å². The Labute approximate surface area is 184 Å². The van der Waals surface area contributed by atoms with Crippen LogP contribution in [0.2, 0.25) is 5.02 Å². The minimum atomic E-state index is -0.724. The zero-order valence-corrected chi connectivity index (χ0v) is 17.8. The van der Waals surface area contributed by atoms with Gasteiger partial charge in [0.2, 0.25) is 0 Å². The molecule has 0 bridgehead atoms. The monoisotopic (exact) mass is 442 g/mol. The Morgan fingerprint density at radius 3 is 2.16 bits per heavy atom. The average Bonchev–Trinajstić information content (AvgIpc) is 3.17. The van der Waals surface area contributed by atoms with Crippen molar-refractivity contribution in [2.45, 2.75) is 5.41 Å². The van der Waals surface area contributed by atoms with E-state index in [4.69, 9.17) is 26.8 Å². The zero-order chi connectivity index (χ0) is 22.2. The normalized spacial score (nSPS) is 17.8. The maximum Gasteiger partial charge on any atom is 0.137 e. The van der Waals surface area contributed by atoms with E-state index >= 15 is 0 Å². The van der Waals surface area contributed by atoms with E-state index in [0.717, 1.165) is 11.1 Å². The molecule has 0 aromatic heterocycles. The molecule has 1 heterocycles. The fourth-order valence-corrected chi connectivity index (χ4v) is 4.19. The van der Waals surface area contributed by atoms with Gasteiger partial charge in [0.1, 0.15) is 23.1 Å². The number of methoxy groups -OCH3 is 2. The third-order valence-electron chi connectivity index (χ3n) is 5.59. The summed E-state index contributed by atoms with van der Waals surface area (Å²) < 4.78 is 39.9. The largest absolute Gasteiger partial charge is 0.497 e. The van der Waals surface area contributed by atoms with E-state index in [-0.39, 0.29) is 11.1 Å². The Kier molecular flexibility index (Phi) is 5.50. The molecule has 0 saturated heterocycles. The second-order valence-corrected chi connectivity index (χ2v) is 7.72. The van der Waals surface area contributed by atoms with E-state index in [1.54, 1.807) is 31.4 Å². The summed E-state index contributed by atoms with van der Waals surface area (Å²) in [5.41, 5.74) is 7.16. The molecular formula is C24H21ClF2N2O2. The molecule has 4 rings (SSSR count). The van der Waals surface area contributed by atoms with Gasteiger partial charge in [0.15, 0.2) is 0 Å². The first-order valence-electron chi connectivity index (χ1n) is 9.58. The van der Waals surface area contributed by atoms with E-state index in [0.29, 0.717) is 28.9 Å². The smallest absolute Gasteiger partial charge is 0.137 e. The van der Waals surface area contributed by atoms with Crippen molar-refractivity contribution in [3.63, 3.8) is 0 Å². The highest BCUT2D eigenvalue weighted by molar-refractivity contribution is 6.32. The lowest BCUT2D eigenvalue weighted by Crippen LogP contribution is -2.31. The lowest BCUT2D eigenvalue weighted by Gasteiger charge is -2.29. The number of benzene rings is 3. The average molecular weight is 443 g/mol. The van der Waals surface area contributed by atoms with Crippen LogP contribution in [0.3, 0.4) is 0 Å². The molecule has 0 fully saturated rings. The van der Waals surface area contributed by atoms with Crippen molar-refractivity contribution >= 4 is 11.6 Å². The minimum absolute atomic E-state index is 0.115. The van der Waals surface area contributed by atoms with Crippen LogP contribution in [0.4, 0.5) is 8.78 Å². The van der Waals surface area contributed by atoms with Crippen LogP contribution < -0.4 is 20.5 Å². The highest BCUT2D eigenvalue weighted by Gasteiger charge is 2.37. The molecule has 31 heavy (non-hydrogen) atoms. The first kappa shape index (κ1) is 21.0. The summed E-state index contributed by atoms with van der Waals surface area (Å²) >= 11 is 6.38. The van der Waals surface area contributed by atoms with Gasteiger partial charge in [0.05, 0.1) is 30.5 Å². The summed E-state index contributed by atoms with van der Waals surface area (Å²) in [6, 6.07) is 14.3. The molecule has 0 spiro atoms. The number of hydrogen-bond donors (Lipinski definition) is 2. The lowest BCUT2D eigenvalue weighted by molar-refractivity contribution is 0.414. The Morgan fingerprint density at radius 1 is 0.903 bits per heavy atom.